The number of aryl methyl sites for hydroxylation is 2. The minimum Gasteiger partial charge on any atom is -0.274 e. The molecule has 3 heterocycles. The summed E-state index contributed by atoms with van der Waals surface area (Å²) in [5.74, 6) is -1.07. The fourth-order valence-electron chi connectivity index (χ4n) is 4.25. The molecule has 10 heteroatoms. The normalized spacial score (nSPS) is 16.2. The lowest BCUT2D eigenvalue weighted by Crippen LogP contribution is -2.43. The van der Waals surface area contributed by atoms with Crippen LogP contribution in [-0.2, 0) is 34.7 Å². The van der Waals surface area contributed by atoms with Gasteiger partial charge in [-0.3, -0.25) is 18.6 Å². The number of nitrogens with zero attached hydrogens (tertiary/aromatic N) is 4. The van der Waals surface area contributed by atoms with Crippen molar-refractivity contribution in [2.75, 3.05) is 15.7 Å². The van der Waals surface area contributed by atoms with Crippen LogP contribution in [0.2, 0.25) is 5.02 Å². The van der Waals surface area contributed by atoms with Gasteiger partial charge in [0, 0.05) is 13.6 Å². The Morgan fingerprint density at radius 3 is 2.66 bits per heavy atom. The van der Waals surface area contributed by atoms with Crippen LogP contribution >= 0.6 is 11.6 Å². The number of fused-ring (bicyclic) bond motifs is 2. The van der Waals surface area contributed by atoms with E-state index in [2.05, 4.69) is 5.10 Å². The van der Waals surface area contributed by atoms with E-state index in [1.54, 1.807) is 19.2 Å². The molecule has 5 rings (SSSR count). The number of sulfonamides is 1. The molecule has 8 nitrogen and oxygen atoms in total. The highest BCUT2D eigenvalue weighted by molar-refractivity contribution is 7.92. The highest BCUT2D eigenvalue weighted by atomic mass is 35.5. The number of rotatable bonds is 3. The average Bonchev–Trinajstić information content (AvgIpc) is 3.15. The highest BCUT2D eigenvalue weighted by Crippen LogP contribution is 2.36. The van der Waals surface area contributed by atoms with Crippen LogP contribution < -0.4 is 9.21 Å². The maximum Gasteiger partial charge on any atom is 0.268 e. The first kappa shape index (κ1) is 20.7. The van der Waals surface area contributed by atoms with Crippen molar-refractivity contribution < 1.29 is 18.0 Å². The van der Waals surface area contributed by atoms with Crippen molar-refractivity contribution in [2.24, 2.45) is 7.05 Å². The Balaban J connectivity index is 1.58. The Hall–Kier alpha value is -3.17. The molecule has 2 aliphatic heterocycles. The van der Waals surface area contributed by atoms with Gasteiger partial charge in [-0.2, -0.15) is 5.10 Å². The number of para-hydroxylation sites is 1. The summed E-state index contributed by atoms with van der Waals surface area (Å²) in [5.41, 5.74) is 2.45. The number of amides is 2. The van der Waals surface area contributed by atoms with Crippen molar-refractivity contribution in [2.45, 2.75) is 24.2 Å². The lowest BCUT2D eigenvalue weighted by atomic mass is 10.0. The smallest absolute Gasteiger partial charge is 0.268 e. The fourth-order valence-corrected chi connectivity index (χ4v) is 6.01. The number of aromatic nitrogens is 2. The Labute approximate surface area is 190 Å². The van der Waals surface area contributed by atoms with Crippen molar-refractivity contribution >= 4 is 44.8 Å². The molecule has 0 bridgehead atoms. The summed E-state index contributed by atoms with van der Waals surface area (Å²) in [5, 5.41) is 4.16. The van der Waals surface area contributed by atoms with E-state index in [1.807, 2.05) is 12.1 Å². The van der Waals surface area contributed by atoms with E-state index in [1.165, 1.54) is 33.4 Å². The zero-order valence-electron chi connectivity index (χ0n) is 17.2. The number of hydrogen-bond acceptors (Lipinski definition) is 5. The first-order chi connectivity index (χ1) is 15.3. The van der Waals surface area contributed by atoms with E-state index in [0.717, 1.165) is 16.9 Å². The SMILES string of the molecule is Cn1ncc2c1CC(=O)N(c1cc(S(=O)(=O)N3CCCc4ccccc43)ccc1Cl)C2=O. The first-order valence-corrected chi connectivity index (χ1v) is 11.9. The molecule has 2 aliphatic rings. The summed E-state index contributed by atoms with van der Waals surface area (Å²) in [7, 11) is -2.28. The number of hydrogen-bond donors (Lipinski definition) is 0. The first-order valence-electron chi connectivity index (χ1n) is 10.1. The monoisotopic (exact) mass is 470 g/mol. The third kappa shape index (κ3) is 3.11. The van der Waals surface area contributed by atoms with Gasteiger partial charge < -0.3 is 0 Å². The number of halogens is 1. The van der Waals surface area contributed by atoms with Crippen LogP contribution in [0.3, 0.4) is 0 Å². The predicted molar refractivity (Wildman–Crippen MR) is 119 cm³/mol. The predicted octanol–water partition coefficient (Wildman–Crippen LogP) is 2.94. The largest absolute Gasteiger partial charge is 0.274 e. The summed E-state index contributed by atoms with van der Waals surface area (Å²) in [6.45, 7) is 0.345. The summed E-state index contributed by atoms with van der Waals surface area (Å²) >= 11 is 6.33. The number of imide groups is 1. The number of carbonyl (C=O) groups is 2. The van der Waals surface area contributed by atoms with E-state index in [4.69, 9.17) is 11.6 Å². The van der Waals surface area contributed by atoms with Gasteiger partial charge in [-0.25, -0.2) is 13.3 Å². The van der Waals surface area contributed by atoms with E-state index in [9.17, 15) is 18.0 Å². The van der Waals surface area contributed by atoms with Gasteiger partial charge in [-0.05, 0) is 42.7 Å². The maximum absolute atomic E-state index is 13.5. The highest BCUT2D eigenvalue weighted by Gasteiger charge is 2.37. The molecule has 0 spiro atoms. The maximum atomic E-state index is 13.5. The van der Waals surface area contributed by atoms with E-state index in [-0.39, 0.29) is 22.0 Å². The molecular formula is C22H19ClN4O4S. The van der Waals surface area contributed by atoms with Crippen LogP contribution in [-0.4, -0.2) is 36.6 Å². The third-order valence-corrected chi connectivity index (χ3v) is 8.01. The van der Waals surface area contributed by atoms with Crippen LogP contribution in [0.1, 0.15) is 28.0 Å². The molecule has 0 aliphatic carbocycles. The van der Waals surface area contributed by atoms with Crippen molar-refractivity contribution in [3.05, 3.63) is 70.5 Å². The zero-order chi connectivity index (χ0) is 22.6. The quantitative estimate of drug-likeness (QED) is 0.549. The number of benzene rings is 2. The van der Waals surface area contributed by atoms with E-state index >= 15 is 0 Å². The van der Waals surface area contributed by atoms with Gasteiger partial charge in [-0.1, -0.05) is 29.8 Å². The molecule has 0 atom stereocenters. The van der Waals surface area contributed by atoms with Crippen LogP contribution in [0.15, 0.2) is 53.6 Å². The second kappa shape index (κ2) is 7.46. The summed E-state index contributed by atoms with van der Waals surface area (Å²) in [4.78, 5) is 26.8. The summed E-state index contributed by atoms with van der Waals surface area (Å²) in [6, 6.07) is 11.5. The minimum absolute atomic E-state index is 0.0359. The molecule has 0 unspecified atom stereocenters. The molecule has 0 fully saturated rings. The standard InChI is InChI=1S/C22H19ClN4O4S/c1-25-19-12-21(28)27(22(29)16(19)13-24-25)20-11-15(8-9-17(20)23)32(30,31)26-10-4-6-14-5-2-3-7-18(14)26/h2-3,5,7-9,11,13H,4,6,10,12H2,1H3. The van der Waals surface area contributed by atoms with Crippen LogP contribution in [0.4, 0.5) is 11.4 Å². The molecule has 0 saturated carbocycles. The molecule has 0 saturated heterocycles. The summed E-state index contributed by atoms with van der Waals surface area (Å²) in [6.07, 6.45) is 2.86. The average molecular weight is 471 g/mol. The summed E-state index contributed by atoms with van der Waals surface area (Å²) < 4.78 is 29.9. The van der Waals surface area contributed by atoms with Crippen molar-refractivity contribution in [1.29, 1.82) is 0 Å². The molecule has 0 radical (unpaired) electrons. The molecular weight excluding hydrogens is 452 g/mol. The van der Waals surface area contributed by atoms with Crippen molar-refractivity contribution in [3.8, 4) is 0 Å². The van der Waals surface area contributed by atoms with Gasteiger partial charge in [0.15, 0.2) is 0 Å². The van der Waals surface area contributed by atoms with E-state index in [0.29, 0.717) is 29.9 Å². The Kier molecular flexibility index (Phi) is 4.83. The Bertz CT molecular complexity index is 1380. The lowest BCUT2D eigenvalue weighted by Gasteiger charge is -2.31. The molecule has 0 N–H and O–H groups in total. The molecule has 1 aromatic heterocycles. The molecule has 164 valence electrons. The van der Waals surface area contributed by atoms with Crippen LogP contribution in [0, 0.1) is 0 Å². The van der Waals surface area contributed by atoms with Crippen molar-refractivity contribution in [1.82, 2.24) is 9.78 Å². The topological polar surface area (TPSA) is 92.6 Å². The van der Waals surface area contributed by atoms with Gasteiger partial charge in [-0.15, -0.1) is 0 Å². The second-order valence-electron chi connectivity index (χ2n) is 7.76. The second-order valence-corrected chi connectivity index (χ2v) is 10.0. The van der Waals surface area contributed by atoms with Crippen LogP contribution in [0.5, 0.6) is 0 Å². The zero-order valence-corrected chi connectivity index (χ0v) is 18.7. The minimum atomic E-state index is -3.94. The van der Waals surface area contributed by atoms with Gasteiger partial charge in [0.05, 0.1) is 45.2 Å². The van der Waals surface area contributed by atoms with Crippen molar-refractivity contribution in [3.63, 3.8) is 0 Å². The number of anilines is 2. The fraction of sp³-hybridized carbons (Fsp3) is 0.227. The van der Waals surface area contributed by atoms with Gasteiger partial charge >= 0.3 is 0 Å². The van der Waals surface area contributed by atoms with Gasteiger partial charge in [0.2, 0.25) is 5.91 Å². The van der Waals surface area contributed by atoms with E-state index < -0.39 is 21.8 Å². The van der Waals surface area contributed by atoms with Crippen LogP contribution in [0.25, 0.3) is 0 Å². The molecule has 2 amide bonds. The number of carbonyl (C=O) groups excluding carboxylic acids is 2. The lowest BCUT2D eigenvalue weighted by molar-refractivity contribution is -0.117. The van der Waals surface area contributed by atoms with Gasteiger partial charge in [0.1, 0.15) is 0 Å². The molecule has 3 aromatic rings. The molecule has 2 aromatic carbocycles. The third-order valence-electron chi connectivity index (χ3n) is 5.88. The Morgan fingerprint density at radius 1 is 1.06 bits per heavy atom. The van der Waals surface area contributed by atoms with Gasteiger partial charge in [0.25, 0.3) is 15.9 Å². The Morgan fingerprint density at radius 2 is 1.84 bits per heavy atom. The molecule has 32 heavy (non-hydrogen) atoms.